The van der Waals surface area contributed by atoms with Crippen LogP contribution in [-0.4, -0.2) is 4.98 Å². The van der Waals surface area contributed by atoms with Gasteiger partial charge in [0.15, 0.2) is 0 Å². The molecule has 0 spiro atoms. The first-order valence-electron chi connectivity index (χ1n) is 6.18. The van der Waals surface area contributed by atoms with E-state index in [0.29, 0.717) is 5.92 Å². The number of hydrogen-bond donors (Lipinski definition) is 2. The van der Waals surface area contributed by atoms with Gasteiger partial charge < -0.3 is 10.7 Å². The van der Waals surface area contributed by atoms with Gasteiger partial charge in [-0.05, 0) is 30.4 Å². The fourth-order valence-electron chi connectivity index (χ4n) is 2.94. The first kappa shape index (κ1) is 9.91. The number of benzene rings is 1. The minimum absolute atomic E-state index is 0.207. The Balaban J connectivity index is 1.98. The van der Waals surface area contributed by atoms with Gasteiger partial charge in [0, 0.05) is 23.1 Å². The highest BCUT2D eigenvalue weighted by Gasteiger charge is 2.24. The molecule has 1 aromatic carbocycles. The Morgan fingerprint density at radius 2 is 1.94 bits per heavy atom. The van der Waals surface area contributed by atoms with Crippen LogP contribution in [0, 0.1) is 5.92 Å². The molecule has 3 N–H and O–H groups in total. The van der Waals surface area contributed by atoms with Gasteiger partial charge >= 0.3 is 0 Å². The van der Waals surface area contributed by atoms with Crippen LogP contribution in [-0.2, 0) is 0 Å². The number of fused-ring (bicyclic) bond motifs is 1. The van der Waals surface area contributed by atoms with Gasteiger partial charge in [-0.3, -0.25) is 0 Å². The summed E-state index contributed by atoms with van der Waals surface area (Å²) in [6, 6.07) is 8.62. The maximum absolute atomic E-state index is 6.39. The standard InChI is InChI=1S/C14H18N2/c15-14(10-5-1-2-6-10)12-9-16-13-8-4-3-7-11(12)13/h3-4,7-10,14,16H,1-2,5-6,15H2. The van der Waals surface area contributed by atoms with E-state index in [1.165, 1.54) is 42.1 Å². The zero-order valence-electron chi connectivity index (χ0n) is 9.45. The van der Waals surface area contributed by atoms with Gasteiger partial charge in [-0.15, -0.1) is 0 Å². The predicted octanol–water partition coefficient (Wildman–Crippen LogP) is 3.36. The highest BCUT2D eigenvalue weighted by molar-refractivity contribution is 5.83. The molecule has 84 valence electrons. The lowest BCUT2D eigenvalue weighted by Gasteiger charge is -2.18. The average Bonchev–Trinajstić information content (AvgIpc) is 2.98. The summed E-state index contributed by atoms with van der Waals surface area (Å²) in [5.41, 5.74) is 8.88. The number of aromatic amines is 1. The molecule has 0 aliphatic heterocycles. The van der Waals surface area contributed by atoms with Crippen molar-refractivity contribution >= 4 is 10.9 Å². The third kappa shape index (κ3) is 1.54. The van der Waals surface area contributed by atoms with Gasteiger partial charge in [0.25, 0.3) is 0 Å². The zero-order valence-corrected chi connectivity index (χ0v) is 9.45. The van der Waals surface area contributed by atoms with Crippen LogP contribution in [0.2, 0.25) is 0 Å². The van der Waals surface area contributed by atoms with Crippen molar-refractivity contribution in [3.63, 3.8) is 0 Å². The van der Waals surface area contributed by atoms with Crippen molar-refractivity contribution in [1.82, 2.24) is 4.98 Å². The molecule has 0 radical (unpaired) electrons. The molecule has 0 amide bonds. The Labute approximate surface area is 95.8 Å². The maximum atomic E-state index is 6.39. The second-order valence-electron chi connectivity index (χ2n) is 4.86. The first-order valence-corrected chi connectivity index (χ1v) is 6.18. The summed E-state index contributed by atoms with van der Waals surface area (Å²) in [4.78, 5) is 3.31. The van der Waals surface area contributed by atoms with Crippen molar-refractivity contribution in [1.29, 1.82) is 0 Å². The lowest BCUT2D eigenvalue weighted by molar-refractivity contribution is 0.447. The number of nitrogens with two attached hydrogens (primary N) is 1. The molecule has 0 saturated heterocycles. The lowest BCUT2D eigenvalue weighted by Crippen LogP contribution is -2.18. The maximum Gasteiger partial charge on any atom is 0.0457 e. The fourth-order valence-corrected chi connectivity index (χ4v) is 2.94. The van der Waals surface area contributed by atoms with Crippen LogP contribution in [0.4, 0.5) is 0 Å². The molecule has 16 heavy (non-hydrogen) atoms. The quantitative estimate of drug-likeness (QED) is 0.790. The van der Waals surface area contributed by atoms with Crippen molar-refractivity contribution in [2.45, 2.75) is 31.7 Å². The second-order valence-corrected chi connectivity index (χ2v) is 4.86. The Morgan fingerprint density at radius 1 is 1.19 bits per heavy atom. The molecular formula is C14H18N2. The SMILES string of the molecule is NC(c1c[nH]c2ccccc12)C1CCCC1. The highest BCUT2D eigenvalue weighted by atomic mass is 14.7. The third-order valence-corrected chi connectivity index (χ3v) is 3.89. The molecule has 1 saturated carbocycles. The molecule has 1 aromatic heterocycles. The van der Waals surface area contributed by atoms with E-state index in [1.54, 1.807) is 0 Å². The molecule has 1 atom stereocenters. The molecule has 1 fully saturated rings. The highest BCUT2D eigenvalue weighted by Crippen LogP contribution is 2.36. The monoisotopic (exact) mass is 214 g/mol. The minimum Gasteiger partial charge on any atom is -0.361 e. The van der Waals surface area contributed by atoms with Gasteiger partial charge in [0.05, 0.1) is 0 Å². The number of hydrogen-bond acceptors (Lipinski definition) is 1. The van der Waals surface area contributed by atoms with Crippen LogP contribution in [0.25, 0.3) is 10.9 Å². The first-order chi connectivity index (χ1) is 7.86. The molecule has 1 unspecified atom stereocenters. The van der Waals surface area contributed by atoms with E-state index in [4.69, 9.17) is 5.73 Å². The van der Waals surface area contributed by atoms with E-state index >= 15 is 0 Å². The summed E-state index contributed by atoms with van der Waals surface area (Å²) >= 11 is 0. The number of H-pyrrole nitrogens is 1. The number of nitrogens with one attached hydrogen (secondary N) is 1. The third-order valence-electron chi connectivity index (χ3n) is 3.89. The molecule has 1 aliphatic carbocycles. The Hall–Kier alpha value is -1.28. The van der Waals surface area contributed by atoms with Crippen molar-refractivity contribution in [3.8, 4) is 0 Å². The number of aromatic nitrogens is 1. The molecule has 0 bridgehead atoms. The molecule has 2 nitrogen and oxygen atoms in total. The summed E-state index contributed by atoms with van der Waals surface area (Å²) in [6.45, 7) is 0. The summed E-state index contributed by atoms with van der Waals surface area (Å²) in [5.74, 6) is 0.680. The Morgan fingerprint density at radius 3 is 2.75 bits per heavy atom. The molecule has 1 aliphatic rings. The minimum atomic E-state index is 0.207. The van der Waals surface area contributed by atoms with Crippen LogP contribution >= 0.6 is 0 Å². The summed E-state index contributed by atoms with van der Waals surface area (Å²) < 4.78 is 0. The zero-order chi connectivity index (χ0) is 11.0. The number of rotatable bonds is 2. The van der Waals surface area contributed by atoms with E-state index in [-0.39, 0.29) is 6.04 Å². The van der Waals surface area contributed by atoms with Crippen molar-refractivity contribution < 1.29 is 0 Å². The summed E-state index contributed by atoms with van der Waals surface area (Å²) in [5, 5.41) is 1.29. The molecule has 2 aromatic rings. The van der Waals surface area contributed by atoms with E-state index in [2.05, 4.69) is 35.4 Å². The lowest BCUT2D eigenvalue weighted by atomic mass is 9.92. The van der Waals surface area contributed by atoms with E-state index in [1.807, 2.05) is 0 Å². The van der Waals surface area contributed by atoms with Crippen LogP contribution in [0.3, 0.4) is 0 Å². The second kappa shape index (κ2) is 3.95. The average molecular weight is 214 g/mol. The normalized spacial score (nSPS) is 19.3. The molecule has 3 rings (SSSR count). The van der Waals surface area contributed by atoms with Crippen LogP contribution in [0.15, 0.2) is 30.5 Å². The smallest absolute Gasteiger partial charge is 0.0457 e. The summed E-state index contributed by atoms with van der Waals surface area (Å²) in [6.07, 6.45) is 7.37. The van der Waals surface area contributed by atoms with Crippen molar-refractivity contribution in [2.75, 3.05) is 0 Å². The van der Waals surface area contributed by atoms with Crippen molar-refractivity contribution in [3.05, 3.63) is 36.0 Å². The van der Waals surface area contributed by atoms with E-state index in [0.717, 1.165) is 0 Å². The molecule has 1 heterocycles. The fraction of sp³-hybridized carbons (Fsp3) is 0.429. The topological polar surface area (TPSA) is 41.8 Å². The van der Waals surface area contributed by atoms with E-state index < -0.39 is 0 Å². The van der Waals surface area contributed by atoms with Crippen LogP contribution in [0.1, 0.15) is 37.3 Å². The van der Waals surface area contributed by atoms with E-state index in [9.17, 15) is 0 Å². The van der Waals surface area contributed by atoms with Crippen LogP contribution in [0.5, 0.6) is 0 Å². The summed E-state index contributed by atoms with van der Waals surface area (Å²) in [7, 11) is 0. The van der Waals surface area contributed by atoms with Crippen molar-refractivity contribution in [2.24, 2.45) is 11.7 Å². The Kier molecular flexibility index (Phi) is 2.44. The predicted molar refractivity (Wildman–Crippen MR) is 67.2 cm³/mol. The molecule has 2 heteroatoms. The van der Waals surface area contributed by atoms with Crippen LogP contribution < -0.4 is 5.73 Å². The Bertz CT molecular complexity index is 480. The largest absolute Gasteiger partial charge is 0.361 e. The molecular weight excluding hydrogens is 196 g/mol. The van der Waals surface area contributed by atoms with Gasteiger partial charge in [0.2, 0.25) is 0 Å². The number of para-hydroxylation sites is 1. The van der Waals surface area contributed by atoms with Gasteiger partial charge in [-0.1, -0.05) is 31.0 Å². The van der Waals surface area contributed by atoms with Gasteiger partial charge in [-0.2, -0.15) is 0 Å². The van der Waals surface area contributed by atoms with Gasteiger partial charge in [-0.25, -0.2) is 0 Å². The van der Waals surface area contributed by atoms with Gasteiger partial charge in [0.1, 0.15) is 0 Å².